The smallest absolute Gasteiger partial charge is 0.228 e. The van der Waals surface area contributed by atoms with Crippen LogP contribution in [0.1, 0.15) is 12.8 Å². The summed E-state index contributed by atoms with van der Waals surface area (Å²) < 4.78 is 0.841. The molecule has 1 aliphatic carbocycles. The highest BCUT2D eigenvalue weighted by Gasteiger charge is 2.47. The first-order chi connectivity index (χ1) is 10.5. The van der Waals surface area contributed by atoms with Gasteiger partial charge in [-0.05, 0) is 61.5 Å². The SMILES string of the molecule is CN(C)CCCNC(=O)C1CC1C(=O)Nc1ccccc1Br. The molecule has 2 unspecified atom stereocenters. The van der Waals surface area contributed by atoms with Crippen molar-refractivity contribution in [2.45, 2.75) is 12.8 Å². The fraction of sp³-hybridized carbons (Fsp3) is 0.500. The Bertz CT molecular complexity index is 548. The maximum atomic E-state index is 12.1. The van der Waals surface area contributed by atoms with E-state index in [0.717, 1.165) is 23.1 Å². The van der Waals surface area contributed by atoms with Crippen LogP contribution in [0.3, 0.4) is 0 Å². The molecule has 2 atom stereocenters. The summed E-state index contributed by atoms with van der Waals surface area (Å²) in [6.45, 7) is 1.60. The van der Waals surface area contributed by atoms with Crippen LogP contribution in [0.15, 0.2) is 28.7 Å². The highest BCUT2D eigenvalue weighted by molar-refractivity contribution is 9.10. The average Bonchev–Trinajstić information content (AvgIpc) is 3.26. The Hall–Kier alpha value is -1.40. The van der Waals surface area contributed by atoms with E-state index in [0.29, 0.717) is 13.0 Å². The number of halogens is 1. The van der Waals surface area contributed by atoms with Gasteiger partial charge in [0.1, 0.15) is 0 Å². The number of anilines is 1. The fourth-order valence-electron chi connectivity index (χ4n) is 2.30. The normalized spacial score (nSPS) is 19.8. The minimum Gasteiger partial charge on any atom is -0.356 e. The lowest BCUT2D eigenvalue weighted by atomic mass is 10.2. The second-order valence-corrected chi connectivity index (χ2v) is 6.72. The molecule has 5 nitrogen and oxygen atoms in total. The summed E-state index contributed by atoms with van der Waals surface area (Å²) in [4.78, 5) is 26.2. The van der Waals surface area contributed by atoms with E-state index in [9.17, 15) is 9.59 Å². The zero-order chi connectivity index (χ0) is 16.1. The van der Waals surface area contributed by atoms with Crippen molar-refractivity contribution in [3.63, 3.8) is 0 Å². The van der Waals surface area contributed by atoms with Gasteiger partial charge in [0.05, 0.1) is 17.5 Å². The number of amides is 2. The third-order valence-corrected chi connectivity index (χ3v) is 4.37. The molecule has 2 amide bonds. The van der Waals surface area contributed by atoms with Crippen LogP contribution in [-0.2, 0) is 9.59 Å². The third-order valence-electron chi connectivity index (χ3n) is 3.68. The lowest BCUT2D eigenvalue weighted by molar-refractivity contribution is -0.125. The van der Waals surface area contributed by atoms with E-state index in [4.69, 9.17) is 0 Å². The van der Waals surface area contributed by atoms with Gasteiger partial charge in [-0.2, -0.15) is 0 Å². The van der Waals surface area contributed by atoms with Crippen molar-refractivity contribution < 1.29 is 9.59 Å². The molecular weight excluding hydrogens is 346 g/mol. The molecule has 2 rings (SSSR count). The number of benzene rings is 1. The monoisotopic (exact) mass is 367 g/mol. The quantitative estimate of drug-likeness (QED) is 0.725. The number of carbonyl (C=O) groups is 2. The lowest BCUT2D eigenvalue weighted by Crippen LogP contribution is -2.30. The van der Waals surface area contributed by atoms with Crippen LogP contribution < -0.4 is 10.6 Å². The van der Waals surface area contributed by atoms with E-state index in [1.807, 2.05) is 38.4 Å². The Morgan fingerprint density at radius 3 is 2.59 bits per heavy atom. The van der Waals surface area contributed by atoms with Crippen LogP contribution >= 0.6 is 15.9 Å². The Morgan fingerprint density at radius 1 is 1.23 bits per heavy atom. The standard InChI is InChI=1S/C16H22BrN3O2/c1-20(2)9-5-8-18-15(21)11-10-12(11)16(22)19-14-7-4-3-6-13(14)17/h3-4,6-7,11-12H,5,8-10H2,1-2H3,(H,18,21)(H,19,22). The summed E-state index contributed by atoms with van der Waals surface area (Å²) in [6, 6.07) is 7.46. The van der Waals surface area contributed by atoms with Gasteiger partial charge in [0.15, 0.2) is 0 Å². The Balaban J connectivity index is 1.73. The minimum atomic E-state index is -0.207. The van der Waals surface area contributed by atoms with Gasteiger partial charge >= 0.3 is 0 Å². The largest absolute Gasteiger partial charge is 0.356 e. The highest BCUT2D eigenvalue weighted by atomic mass is 79.9. The highest BCUT2D eigenvalue weighted by Crippen LogP contribution is 2.39. The van der Waals surface area contributed by atoms with Crippen LogP contribution in [0.25, 0.3) is 0 Å². The molecule has 22 heavy (non-hydrogen) atoms. The summed E-state index contributed by atoms with van der Waals surface area (Å²) in [5.41, 5.74) is 0.740. The van der Waals surface area contributed by atoms with E-state index in [1.165, 1.54) is 0 Å². The van der Waals surface area contributed by atoms with E-state index in [2.05, 4.69) is 31.5 Å². The third kappa shape index (κ3) is 4.81. The van der Waals surface area contributed by atoms with Crippen molar-refractivity contribution >= 4 is 33.4 Å². The Morgan fingerprint density at radius 2 is 1.91 bits per heavy atom. The second kappa shape index (κ2) is 7.74. The molecule has 0 heterocycles. The minimum absolute atomic E-state index is 0.00830. The second-order valence-electron chi connectivity index (χ2n) is 5.87. The van der Waals surface area contributed by atoms with Gasteiger partial charge in [0.25, 0.3) is 0 Å². The van der Waals surface area contributed by atoms with Gasteiger partial charge in [-0.1, -0.05) is 12.1 Å². The maximum Gasteiger partial charge on any atom is 0.228 e. The summed E-state index contributed by atoms with van der Waals surface area (Å²) in [5.74, 6) is -0.478. The van der Waals surface area contributed by atoms with Crippen molar-refractivity contribution in [1.29, 1.82) is 0 Å². The number of rotatable bonds is 7. The van der Waals surface area contributed by atoms with Gasteiger partial charge < -0.3 is 15.5 Å². The van der Waals surface area contributed by atoms with Gasteiger partial charge in [-0.3, -0.25) is 9.59 Å². The molecule has 0 bridgehead atoms. The molecule has 120 valence electrons. The fourth-order valence-corrected chi connectivity index (χ4v) is 2.68. The predicted octanol–water partition coefficient (Wildman–Crippen LogP) is 2.09. The predicted molar refractivity (Wildman–Crippen MR) is 90.5 cm³/mol. The van der Waals surface area contributed by atoms with Crippen LogP contribution in [0.5, 0.6) is 0 Å². The van der Waals surface area contributed by atoms with Crippen molar-refractivity contribution in [3.05, 3.63) is 28.7 Å². The van der Waals surface area contributed by atoms with Gasteiger partial charge in [0.2, 0.25) is 11.8 Å². The maximum absolute atomic E-state index is 12.1. The van der Waals surface area contributed by atoms with Crippen LogP contribution in [0, 0.1) is 11.8 Å². The van der Waals surface area contributed by atoms with Crippen molar-refractivity contribution in [1.82, 2.24) is 10.2 Å². The molecule has 1 fully saturated rings. The van der Waals surface area contributed by atoms with E-state index in [-0.39, 0.29) is 23.7 Å². The zero-order valence-corrected chi connectivity index (χ0v) is 14.5. The zero-order valence-electron chi connectivity index (χ0n) is 12.9. The van der Waals surface area contributed by atoms with Crippen LogP contribution in [0.2, 0.25) is 0 Å². The molecule has 0 aromatic heterocycles. The average molecular weight is 368 g/mol. The first kappa shape index (κ1) is 17.0. The Labute approximate surface area is 139 Å². The Kier molecular flexibility index (Phi) is 5.97. The summed E-state index contributed by atoms with van der Waals surface area (Å²) in [7, 11) is 4.01. The van der Waals surface area contributed by atoms with Gasteiger partial charge in [-0.15, -0.1) is 0 Å². The molecule has 2 N–H and O–H groups in total. The van der Waals surface area contributed by atoms with E-state index >= 15 is 0 Å². The number of nitrogens with zero attached hydrogens (tertiary/aromatic N) is 1. The molecule has 1 aromatic rings. The summed E-state index contributed by atoms with van der Waals surface area (Å²) in [5, 5.41) is 5.77. The molecule has 0 radical (unpaired) electrons. The van der Waals surface area contributed by atoms with E-state index in [1.54, 1.807) is 0 Å². The summed E-state index contributed by atoms with van der Waals surface area (Å²) >= 11 is 3.39. The number of hydrogen-bond acceptors (Lipinski definition) is 3. The van der Waals surface area contributed by atoms with Crippen molar-refractivity contribution in [2.75, 3.05) is 32.5 Å². The number of hydrogen-bond donors (Lipinski definition) is 2. The molecule has 0 spiro atoms. The number of nitrogens with one attached hydrogen (secondary N) is 2. The molecule has 0 saturated heterocycles. The topological polar surface area (TPSA) is 61.4 Å². The molecule has 1 aliphatic rings. The molecule has 1 saturated carbocycles. The van der Waals surface area contributed by atoms with Gasteiger partial charge in [-0.25, -0.2) is 0 Å². The number of para-hydroxylation sites is 1. The molecule has 0 aliphatic heterocycles. The molecular formula is C16H22BrN3O2. The van der Waals surface area contributed by atoms with Gasteiger partial charge in [0, 0.05) is 11.0 Å². The number of carbonyl (C=O) groups excluding carboxylic acids is 2. The first-order valence-electron chi connectivity index (χ1n) is 7.47. The first-order valence-corrected chi connectivity index (χ1v) is 8.26. The van der Waals surface area contributed by atoms with E-state index < -0.39 is 0 Å². The molecule has 6 heteroatoms. The van der Waals surface area contributed by atoms with Crippen LogP contribution in [0.4, 0.5) is 5.69 Å². The van der Waals surface area contributed by atoms with Crippen molar-refractivity contribution in [2.24, 2.45) is 11.8 Å². The lowest BCUT2D eigenvalue weighted by Gasteiger charge is -2.10. The van der Waals surface area contributed by atoms with Crippen molar-refractivity contribution in [3.8, 4) is 0 Å². The van der Waals surface area contributed by atoms with Crippen LogP contribution in [-0.4, -0.2) is 43.9 Å². The summed E-state index contributed by atoms with van der Waals surface area (Å²) in [6.07, 6.45) is 1.55. The molecule has 1 aromatic carbocycles.